The van der Waals surface area contributed by atoms with Crippen LogP contribution < -0.4 is 10.2 Å². The Labute approximate surface area is 190 Å². The van der Waals surface area contributed by atoms with Crippen LogP contribution in [0.25, 0.3) is 0 Å². The zero-order valence-corrected chi connectivity index (χ0v) is 19.4. The smallest absolute Gasteiger partial charge is 0.269 e. The molecule has 2 saturated heterocycles. The highest BCUT2D eigenvalue weighted by atomic mass is 19.3. The highest BCUT2D eigenvalue weighted by Gasteiger charge is 2.37. The van der Waals surface area contributed by atoms with Crippen LogP contribution in [0.3, 0.4) is 0 Å². The average molecular weight is 450 g/mol. The molecule has 0 unspecified atom stereocenters. The first-order chi connectivity index (χ1) is 15.3. The largest absolute Gasteiger partial charge is 0.355 e. The maximum Gasteiger partial charge on any atom is 0.269 e. The highest BCUT2D eigenvalue weighted by Crippen LogP contribution is 2.28. The molecule has 6 nitrogen and oxygen atoms in total. The highest BCUT2D eigenvalue weighted by molar-refractivity contribution is 5.92. The van der Waals surface area contributed by atoms with Crippen molar-refractivity contribution in [3.05, 3.63) is 23.9 Å². The summed E-state index contributed by atoms with van der Waals surface area (Å²) in [6.45, 7) is 8.59. The number of hydrogen-bond donors (Lipinski definition) is 1. The first kappa shape index (κ1) is 23.4. The van der Waals surface area contributed by atoms with Gasteiger partial charge in [-0.1, -0.05) is 6.07 Å². The van der Waals surface area contributed by atoms with Crippen LogP contribution in [0.1, 0.15) is 56.4 Å². The lowest BCUT2D eigenvalue weighted by Crippen LogP contribution is -2.52. The number of piperidine rings is 1. The second-order valence-electron chi connectivity index (χ2n) is 9.81. The molecule has 0 spiro atoms. The molecule has 1 aromatic heterocycles. The van der Waals surface area contributed by atoms with E-state index in [9.17, 15) is 13.6 Å². The molecule has 0 radical (unpaired) electrons. The third-order valence-electron chi connectivity index (χ3n) is 7.37. The second kappa shape index (κ2) is 10.00. The fraction of sp³-hybridized carbons (Fsp3) is 0.750. The number of amides is 1. The van der Waals surface area contributed by atoms with Gasteiger partial charge in [-0.25, -0.2) is 13.8 Å². The number of aromatic nitrogens is 1. The first-order valence-electron chi connectivity index (χ1n) is 12.2. The minimum absolute atomic E-state index is 0.0890. The van der Waals surface area contributed by atoms with Crippen molar-refractivity contribution in [2.75, 3.05) is 50.7 Å². The van der Waals surface area contributed by atoms with Crippen molar-refractivity contribution in [1.82, 2.24) is 20.1 Å². The number of carbonyl (C=O) groups is 1. The topological polar surface area (TPSA) is 51.7 Å². The zero-order valence-electron chi connectivity index (χ0n) is 19.4. The lowest BCUT2D eigenvalue weighted by molar-refractivity contribution is -0.0692. The fourth-order valence-electron chi connectivity index (χ4n) is 4.87. The Morgan fingerprint density at radius 2 is 1.88 bits per heavy atom. The van der Waals surface area contributed by atoms with E-state index < -0.39 is 12.0 Å². The van der Waals surface area contributed by atoms with E-state index in [1.54, 1.807) is 13.0 Å². The summed E-state index contributed by atoms with van der Waals surface area (Å²) in [6, 6.07) is 5.43. The van der Waals surface area contributed by atoms with Crippen LogP contribution in [0.4, 0.5) is 14.6 Å². The second-order valence-corrected chi connectivity index (χ2v) is 9.81. The molecular weight excluding hydrogens is 412 g/mol. The Kier molecular flexibility index (Phi) is 7.30. The minimum atomic E-state index is -2.66. The van der Waals surface area contributed by atoms with E-state index in [0.717, 1.165) is 77.8 Å². The van der Waals surface area contributed by atoms with Crippen LogP contribution >= 0.6 is 0 Å². The number of hydrogen-bond acceptors (Lipinski definition) is 5. The third kappa shape index (κ3) is 5.95. The SMILES string of the molecule is C[C@H](N1CCC(N2CCCN(c3cccc(C(=O)NCC4CC4)n3)CC2)CC1)C(C)(F)F. The first-order valence-corrected chi connectivity index (χ1v) is 12.2. The lowest BCUT2D eigenvalue weighted by atomic mass is 10.00. The predicted molar refractivity (Wildman–Crippen MR) is 122 cm³/mol. The molecule has 4 rings (SSSR count). The van der Waals surface area contributed by atoms with E-state index in [1.165, 1.54) is 12.8 Å². The van der Waals surface area contributed by atoms with Crippen LogP contribution in [0, 0.1) is 5.92 Å². The number of rotatable bonds is 7. The van der Waals surface area contributed by atoms with Gasteiger partial charge in [-0.15, -0.1) is 0 Å². The quantitative estimate of drug-likeness (QED) is 0.693. The molecule has 8 heteroatoms. The van der Waals surface area contributed by atoms with Gasteiger partial charge in [0.25, 0.3) is 11.8 Å². The van der Waals surface area contributed by atoms with Gasteiger partial charge < -0.3 is 10.2 Å². The van der Waals surface area contributed by atoms with Crippen molar-refractivity contribution >= 4 is 11.7 Å². The van der Waals surface area contributed by atoms with Gasteiger partial charge in [0, 0.05) is 58.8 Å². The normalized spacial score (nSPS) is 23.1. The van der Waals surface area contributed by atoms with Gasteiger partial charge in [0.15, 0.2) is 0 Å². The van der Waals surface area contributed by atoms with Crippen molar-refractivity contribution in [1.29, 1.82) is 0 Å². The molecule has 0 aromatic carbocycles. The van der Waals surface area contributed by atoms with E-state index >= 15 is 0 Å². The maximum absolute atomic E-state index is 13.7. The van der Waals surface area contributed by atoms with Crippen molar-refractivity contribution in [3.63, 3.8) is 0 Å². The number of likely N-dealkylation sites (tertiary alicyclic amines) is 1. The van der Waals surface area contributed by atoms with Gasteiger partial charge >= 0.3 is 0 Å². The number of anilines is 1. The Hall–Kier alpha value is -1.80. The monoisotopic (exact) mass is 449 g/mol. The minimum Gasteiger partial charge on any atom is -0.355 e. The number of nitrogens with zero attached hydrogens (tertiary/aromatic N) is 4. The maximum atomic E-state index is 13.7. The van der Waals surface area contributed by atoms with Gasteiger partial charge in [-0.2, -0.15) is 0 Å². The molecule has 1 aliphatic carbocycles. The summed E-state index contributed by atoms with van der Waals surface area (Å²) in [7, 11) is 0. The van der Waals surface area contributed by atoms with Crippen LogP contribution in [0.15, 0.2) is 18.2 Å². The molecule has 1 aromatic rings. The van der Waals surface area contributed by atoms with E-state index in [-0.39, 0.29) is 5.91 Å². The molecule has 3 aliphatic rings. The van der Waals surface area contributed by atoms with E-state index in [0.29, 0.717) is 17.7 Å². The Balaban J connectivity index is 1.29. The number of pyridine rings is 1. The van der Waals surface area contributed by atoms with E-state index in [2.05, 4.69) is 20.1 Å². The van der Waals surface area contributed by atoms with Crippen molar-refractivity contribution < 1.29 is 13.6 Å². The lowest BCUT2D eigenvalue weighted by Gasteiger charge is -2.41. The zero-order chi connectivity index (χ0) is 22.7. The van der Waals surface area contributed by atoms with Crippen molar-refractivity contribution in [2.45, 2.75) is 64.0 Å². The molecule has 1 atom stereocenters. The van der Waals surface area contributed by atoms with Gasteiger partial charge in [0.1, 0.15) is 11.5 Å². The summed E-state index contributed by atoms with van der Waals surface area (Å²) in [4.78, 5) is 23.8. The molecule has 1 N–H and O–H groups in total. The standard InChI is InChI=1S/C24H37F2N5O/c1-18(24(2,25)26)29-13-9-20(10-14-29)30-11-4-12-31(16-15-30)22-6-3-5-21(28-22)23(32)27-17-19-7-8-19/h3,5-6,18-20H,4,7-17H2,1-2H3,(H,27,32)/t18-/m0/s1. The Bertz CT molecular complexity index is 774. The number of alkyl halides is 2. The fourth-order valence-corrected chi connectivity index (χ4v) is 4.87. The van der Waals surface area contributed by atoms with Crippen LogP contribution in [-0.4, -0.2) is 84.5 Å². The summed E-state index contributed by atoms with van der Waals surface area (Å²) in [5.74, 6) is -1.24. The molecule has 3 fully saturated rings. The molecule has 178 valence electrons. The molecule has 3 heterocycles. The van der Waals surface area contributed by atoms with Gasteiger partial charge in [0.05, 0.1) is 6.04 Å². The summed E-state index contributed by atoms with van der Waals surface area (Å²) in [5, 5.41) is 3.00. The van der Waals surface area contributed by atoms with Crippen LogP contribution in [0.5, 0.6) is 0 Å². The summed E-state index contributed by atoms with van der Waals surface area (Å²) >= 11 is 0. The Morgan fingerprint density at radius 1 is 1.12 bits per heavy atom. The molecule has 0 bridgehead atoms. The van der Waals surface area contributed by atoms with Crippen LogP contribution in [-0.2, 0) is 0 Å². The number of halogens is 2. The van der Waals surface area contributed by atoms with E-state index in [1.807, 2.05) is 17.0 Å². The summed E-state index contributed by atoms with van der Waals surface area (Å²) in [5.41, 5.74) is 0.485. The van der Waals surface area contributed by atoms with Gasteiger partial charge in [-0.05, 0) is 57.1 Å². The summed E-state index contributed by atoms with van der Waals surface area (Å²) < 4.78 is 27.4. The molecule has 1 amide bonds. The van der Waals surface area contributed by atoms with Gasteiger partial charge in [0.2, 0.25) is 0 Å². The number of carbonyl (C=O) groups excluding carboxylic acids is 1. The van der Waals surface area contributed by atoms with Crippen molar-refractivity contribution in [2.24, 2.45) is 5.92 Å². The predicted octanol–water partition coefficient (Wildman–Crippen LogP) is 3.24. The molecule has 2 aliphatic heterocycles. The molecular formula is C24H37F2N5O. The van der Waals surface area contributed by atoms with Crippen LogP contribution in [0.2, 0.25) is 0 Å². The third-order valence-corrected chi connectivity index (χ3v) is 7.37. The number of nitrogens with one attached hydrogen (secondary N) is 1. The van der Waals surface area contributed by atoms with Gasteiger partial charge in [-0.3, -0.25) is 14.6 Å². The molecule has 32 heavy (non-hydrogen) atoms. The molecule has 1 saturated carbocycles. The average Bonchev–Trinajstić information content (AvgIpc) is 3.63. The Morgan fingerprint density at radius 3 is 2.56 bits per heavy atom. The summed E-state index contributed by atoms with van der Waals surface area (Å²) in [6.07, 6.45) is 5.33. The van der Waals surface area contributed by atoms with Crippen molar-refractivity contribution in [3.8, 4) is 0 Å². The van der Waals surface area contributed by atoms with E-state index in [4.69, 9.17) is 0 Å².